The van der Waals surface area contributed by atoms with Gasteiger partial charge >= 0.3 is 0 Å². The topological polar surface area (TPSA) is 74.7 Å². The van der Waals surface area contributed by atoms with Crippen LogP contribution in [0, 0.1) is 13.8 Å². The lowest BCUT2D eigenvalue weighted by molar-refractivity contribution is 0.0767. The Morgan fingerprint density at radius 1 is 1.22 bits per heavy atom. The number of carbonyl (C=O) groups is 1. The van der Waals surface area contributed by atoms with E-state index in [0.29, 0.717) is 24.0 Å². The van der Waals surface area contributed by atoms with Crippen molar-refractivity contribution in [3.63, 3.8) is 0 Å². The summed E-state index contributed by atoms with van der Waals surface area (Å²) in [5.74, 6) is 0.759. The molecule has 1 aliphatic heterocycles. The average molecular weight is 432 g/mol. The number of nitrogens with zero attached hydrogens (tertiary/aromatic N) is 2. The molecule has 1 aliphatic carbocycles. The van der Waals surface area contributed by atoms with Gasteiger partial charge in [0.05, 0.1) is 11.1 Å². The Hall–Kier alpha value is -3.12. The fraction of sp³-hybridized carbons (Fsp3) is 0.385. The maximum absolute atomic E-state index is 13.3. The van der Waals surface area contributed by atoms with Gasteiger partial charge in [0.2, 0.25) is 0 Å². The number of hydrogen-bond acceptors (Lipinski definition) is 5. The highest BCUT2D eigenvalue weighted by Gasteiger charge is 2.47. The summed E-state index contributed by atoms with van der Waals surface area (Å²) in [5, 5.41) is 14.5. The first kappa shape index (κ1) is 20.8. The molecule has 2 aromatic carbocycles. The number of pyridine rings is 1. The molecule has 0 spiro atoms. The van der Waals surface area contributed by atoms with Gasteiger partial charge in [-0.25, -0.2) is 0 Å². The van der Waals surface area contributed by atoms with Crippen molar-refractivity contribution < 1.29 is 14.6 Å². The van der Waals surface area contributed by atoms with Crippen molar-refractivity contribution in [3.8, 4) is 11.5 Å². The number of nitrogens with one attached hydrogen (secondary N) is 1. The highest BCUT2D eigenvalue weighted by atomic mass is 16.5. The van der Waals surface area contributed by atoms with E-state index in [9.17, 15) is 9.90 Å². The summed E-state index contributed by atoms with van der Waals surface area (Å²) in [6.07, 6.45) is 2.80. The third kappa shape index (κ3) is 3.79. The highest BCUT2D eigenvalue weighted by Crippen LogP contribution is 2.49. The number of hydrogen-bond donors (Lipinski definition) is 2. The fourth-order valence-corrected chi connectivity index (χ4v) is 4.50. The Balaban J connectivity index is 1.39. The molecule has 1 amide bonds. The molecule has 2 fully saturated rings. The van der Waals surface area contributed by atoms with Crippen molar-refractivity contribution in [2.24, 2.45) is 0 Å². The van der Waals surface area contributed by atoms with Gasteiger partial charge in [0.15, 0.2) is 0 Å². The Labute approximate surface area is 188 Å². The molecule has 6 nitrogen and oxygen atoms in total. The Bertz CT molecular complexity index is 1200. The molecular formula is C26H29N3O3. The summed E-state index contributed by atoms with van der Waals surface area (Å²) in [6.45, 7) is 5.61. The normalized spacial score (nSPS) is 19.4. The zero-order valence-corrected chi connectivity index (χ0v) is 18.8. The second-order valence-electron chi connectivity index (χ2n) is 9.26. The third-order valence-electron chi connectivity index (χ3n) is 6.88. The quantitative estimate of drug-likeness (QED) is 0.616. The van der Waals surface area contributed by atoms with Gasteiger partial charge < -0.3 is 15.2 Å². The van der Waals surface area contributed by atoms with Gasteiger partial charge in [-0.15, -0.1) is 0 Å². The maximum Gasteiger partial charge on any atom is 0.252 e. The summed E-state index contributed by atoms with van der Waals surface area (Å²) in [7, 11) is 2.10. The molecule has 1 saturated heterocycles. The average Bonchev–Trinajstić information content (AvgIpc) is 3.53. The van der Waals surface area contributed by atoms with Crippen molar-refractivity contribution in [2.45, 2.75) is 44.7 Å². The van der Waals surface area contributed by atoms with Crippen molar-refractivity contribution in [1.82, 2.24) is 15.2 Å². The van der Waals surface area contributed by atoms with Gasteiger partial charge in [-0.1, -0.05) is 12.1 Å². The first-order valence-electron chi connectivity index (χ1n) is 11.2. The number of ether oxygens (including phenoxy) is 1. The molecule has 1 saturated carbocycles. The number of amides is 1. The van der Waals surface area contributed by atoms with Crippen LogP contribution in [0.5, 0.6) is 11.5 Å². The number of carbonyl (C=O) groups excluding carboxylic acids is 1. The molecule has 2 N–H and O–H groups in total. The molecular weight excluding hydrogens is 402 g/mol. The predicted molar refractivity (Wildman–Crippen MR) is 124 cm³/mol. The van der Waals surface area contributed by atoms with Crippen molar-refractivity contribution in [1.29, 1.82) is 0 Å². The molecule has 6 heteroatoms. The minimum absolute atomic E-state index is 0.122. The van der Waals surface area contributed by atoms with E-state index in [0.717, 1.165) is 53.5 Å². The van der Waals surface area contributed by atoms with E-state index in [4.69, 9.17) is 4.74 Å². The Kier molecular flexibility index (Phi) is 5.05. The predicted octanol–water partition coefficient (Wildman–Crippen LogP) is 4.06. The van der Waals surface area contributed by atoms with Crippen LogP contribution in [-0.4, -0.2) is 47.1 Å². The monoisotopic (exact) mass is 431 g/mol. The van der Waals surface area contributed by atoms with Crippen LogP contribution in [-0.2, 0) is 5.54 Å². The molecule has 0 radical (unpaired) electrons. The van der Waals surface area contributed by atoms with Gasteiger partial charge in [0, 0.05) is 28.8 Å². The number of benzene rings is 2. The van der Waals surface area contributed by atoms with Gasteiger partial charge in [0.25, 0.3) is 5.91 Å². The van der Waals surface area contributed by atoms with Gasteiger partial charge in [0.1, 0.15) is 18.1 Å². The number of fused-ring (bicyclic) bond motifs is 1. The number of likely N-dealkylation sites (tertiary alicyclic amines) is 1. The van der Waals surface area contributed by atoms with Crippen LogP contribution in [0.2, 0.25) is 0 Å². The second-order valence-corrected chi connectivity index (χ2v) is 9.26. The minimum atomic E-state index is -0.483. The summed E-state index contributed by atoms with van der Waals surface area (Å²) < 4.78 is 5.98. The van der Waals surface area contributed by atoms with E-state index in [1.54, 1.807) is 12.1 Å². The first-order valence-corrected chi connectivity index (χ1v) is 11.2. The van der Waals surface area contributed by atoms with Crippen LogP contribution in [0.1, 0.15) is 46.4 Å². The molecule has 5 rings (SSSR count). The van der Waals surface area contributed by atoms with Crippen molar-refractivity contribution in [2.75, 3.05) is 20.2 Å². The van der Waals surface area contributed by atoms with Crippen LogP contribution in [0.4, 0.5) is 0 Å². The molecule has 32 heavy (non-hydrogen) atoms. The number of aryl methyl sites for hydroxylation is 2. The largest absolute Gasteiger partial charge is 0.508 e. The van der Waals surface area contributed by atoms with Gasteiger partial charge in [-0.2, -0.15) is 0 Å². The van der Waals surface area contributed by atoms with E-state index >= 15 is 0 Å². The number of aromatic hydroxyl groups is 1. The van der Waals surface area contributed by atoms with E-state index < -0.39 is 5.54 Å². The first-order chi connectivity index (χ1) is 15.3. The lowest BCUT2D eigenvalue weighted by atomic mass is 9.97. The summed E-state index contributed by atoms with van der Waals surface area (Å²) in [5.41, 5.74) is 3.60. The highest BCUT2D eigenvalue weighted by molar-refractivity contribution is 5.97. The maximum atomic E-state index is 13.3. The van der Waals surface area contributed by atoms with Crippen molar-refractivity contribution >= 4 is 16.8 Å². The molecule has 2 aliphatic rings. The second kappa shape index (κ2) is 7.78. The minimum Gasteiger partial charge on any atom is -0.508 e. The molecule has 2 heterocycles. The zero-order chi connectivity index (χ0) is 22.5. The van der Waals surface area contributed by atoms with E-state index in [-0.39, 0.29) is 11.7 Å². The molecule has 1 atom stereocenters. The van der Waals surface area contributed by atoms with Crippen molar-refractivity contribution in [3.05, 3.63) is 64.8 Å². The summed E-state index contributed by atoms with van der Waals surface area (Å²) in [4.78, 5) is 20.2. The van der Waals surface area contributed by atoms with Gasteiger partial charge in [-0.05, 0) is 82.1 Å². The number of rotatable bonds is 6. The lowest BCUT2D eigenvalue weighted by Gasteiger charge is -2.37. The zero-order valence-electron chi connectivity index (χ0n) is 18.8. The number of phenols is 1. The molecule has 1 unspecified atom stereocenters. The van der Waals surface area contributed by atoms with Crippen LogP contribution in [0.25, 0.3) is 10.9 Å². The third-order valence-corrected chi connectivity index (χ3v) is 6.88. The fourth-order valence-electron chi connectivity index (χ4n) is 4.50. The summed E-state index contributed by atoms with van der Waals surface area (Å²) in [6, 6.07) is 13.6. The van der Waals surface area contributed by atoms with Crippen LogP contribution in [0.3, 0.4) is 0 Å². The van der Waals surface area contributed by atoms with Gasteiger partial charge in [-0.3, -0.25) is 14.7 Å². The number of likely N-dealkylation sites (N-methyl/N-ethyl adjacent to an activating group) is 1. The number of phenolic OH excluding ortho intramolecular Hbond substituents is 1. The lowest BCUT2D eigenvalue weighted by Crippen LogP contribution is -2.48. The molecule has 166 valence electrons. The standard InChI is InChI=1S/C26H29N3O3/c1-16-4-6-20(32-15-18-8-11-29(18)3)14-22(16)25(31)28-26(9-10-26)23-12-19(30)13-24-21(23)7-5-17(2)27-24/h4-7,12-14,18,30H,8-11,15H2,1-3H3,(H,28,31). The summed E-state index contributed by atoms with van der Waals surface area (Å²) >= 11 is 0. The van der Waals surface area contributed by atoms with E-state index in [2.05, 4.69) is 22.2 Å². The SMILES string of the molecule is Cc1ccc2c(C3(NC(=O)c4cc(OCC5CCN5C)ccc4C)CC3)cc(O)cc2n1. The van der Waals surface area contributed by atoms with Crippen LogP contribution in [0.15, 0.2) is 42.5 Å². The smallest absolute Gasteiger partial charge is 0.252 e. The van der Waals surface area contributed by atoms with Crippen LogP contribution >= 0.6 is 0 Å². The Morgan fingerprint density at radius 3 is 2.72 bits per heavy atom. The van der Waals surface area contributed by atoms with E-state index in [1.165, 1.54) is 0 Å². The van der Waals surface area contributed by atoms with Crippen LogP contribution < -0.4 is 10.1 Å². The Morgan fingerprint density at radius 2 is 2.03 bits per heavy atom. The van der Waals surface area contributed by atoms with E-state index in [1.807, 2.05) is 44.2 Å². The molecule has 0 bridgehead atoms. The number of aromatic nitrogens is 1. The molecule has 1 aromatic heterocycles. The molecule has 3 aromatic rings.